The second-order valence-electron chi connectivity index (χ2n) is 6.60. The molecule has 0 aliphatic carbocycles. The van der Waals surface area contributed by atoms with Crippen LogP contribution in [0.5, 0.6) is 11.5 Å². The third-order valence-electron chi connectivity index (χ3n) is 4.18. The summed E-state index contributed by atoms with van der Waals surface area (Å²) in [5.41, 5.74) is 2.22. The number of hydrogen-bond acceptors (Lipinski definition) is 4. The lowest BCUT2D eigenvalue weighted by Gasteiger charge is -2.19. The van der Waals surface area contributed by atoms with Crippen molar-refractivity contribution in [2.75, 3.05) is 7.11 Å². The number of carbonyl (C=O) groups excluding carboxylic acids is 1. The second kappa shape index (κ2) is 9.04. The minimum absolute atomic E-state index is 0.0141. The lowest BCUT2D eigenvalue weighted by atomic mass is 10.0. The molecule has 0 saturated carbocycles. The van der Waals surface area contributed by atoms with Gasteiger partial charge in [0.05, 0.1) is 24.9 Å². The SMILES string of the molecule is COc1cc(C(=O)NC(c2ccccc2)c2ccccn2)ccc1OC(C)C. The lowest BCUT2D eigenvalue weighted by Crippen LogP contribution is -2.30. The monoisotopic (exact) mass is 376 g/mol. The van der Waals surface area contributed by atoms with E-state index >= 15 is 0 Å². The van der Waals surface area contributed by atoms with E-state index in [2.05, 4.69) is 10.3 Å². The number of pyridine rings is 1. The number of hydrogen-bond donors (Lipinski definition) is 1. The van der Waals surface area contributed by atoms with Crippen molar-refractivity contribution in [2.24, 2.45) is 0 Å². The van der Waals surface area contributed by atoms with Gasteiger partial charge in [-0.25, -0.2) is 0 Å². The van der Waals surface area contributed by atoms with Crippen molar-refractivity contribution < 1.29 is 14.3 Å². The maximum atomic E-state index is 13.0. The van der Waals surface area contributed by atoms with Crippen LogP contribution in [0.25, 0.3) is 0 Å². The van der Waals surface area contributed by atoms with Gasteiger partial charge in [0.2, 0.25) is 0 Å². The highest BCUT2D eigenvalue weighted by Crippen LogP contribution is 2.29. The predicted octanol–water partition coefficient (Wildman–Crippen LogP) is 4.40. The quantitative estimate of drug-likeness (QED) is 0.664. The number of aromatic nitrogens is 1. The van der Waals surface area contributed by atoms with Crippen LogP contribution >= 0.6 is 0 Å². The van der Waals surface area contributed by atoms with Gasteiger partial charge in [-0.05, 0) is 49.7 Å². The van der Waals surface area contributed by atoms with E-state index in [1.54, 1.807) is 31.5 Å². The number of carbonyl (C=O) groups is 1. The van der Waals surface area contributed by atoms with Crippen molar-refractivity contribution in [3.05, 3.63) is 89.7 Å². The van der Waals surface area contributed by atoms with Gasteiger partial charge in [0.1, 0.15) is 0 Å². The third-order valence-corrected chi connectivity index (χ3v) is 4.18. The van der Waals surface area contributed by atoms with Gasteiger partial charge < -0.3 is 14.8 Å². The minimum atomic E-state index is -0.354. The first-order valence-corrected chi connectivity index (χ1v) is 9.20. The summed E-state index contributed by atoms with van der Waals surface area (Å²) in [6, 6.07) is 20.3. The van der Waals surface area contributed by atoms with E-state index in [1.165, 1.54) is 0 Å². The van der Waals surface area contributed by atoms with Gasteiger partial charge in [-0.15, -0.1) is 0 Å². The van der Waals surface area contributed by atoms with Gasteiger partial charge in [0.15, 0.2) is 11.5 Å². The van der Waals surface area contributed by atoms with Crippen molar-refractivity contribution in [3.63, 3.8) is 0 Å². The van der Waals surface area contributed by atoms with E-state index in [-0.39, 0.29) is 18.1 Å². The highest BCUT2D eigenvalue weighted by atomic mass is 16.5. The Hall–Kier alpha value is -3.34. The summed E-state index contributed by atoms with van der Waals surface area (Å²) in [7, 11) is 1.56. The van der Waals surface area contributed by atoms with Crippen molar-refractivity contribution in [1.82, 2.24) is 10.3 Å². The molecule has 0 spiro atoms. The van der Waals surface area contributed by atoms with Crippen LogP contribution in [0.3, 0.4) is 0 Å². The predicted molar refractivity (Wildman–Crippen MR) is 109 cm³/mol. The van der Waals surface area contributed by atoms with Crippen LogP contribution in [0.1, 0.15) is 41.5 Å². The Morgan fingerprint density at radius 3 is 2.36 bits per heavy atom. The number of amides is 1. The number of benzene rings is 2. The van der Waals surface area contributed by atoms with Crippen molar-refractivity contribution >= 4 is 5.91 Å². The van der Waals surface area contributed by atoms with Gasteiger partial charge >= 0.3 is 0 Å². The number of methoxy groups -OCH3 is 1. The fourth-order valence-electron chi connectivity index (χ4n) is 2.89. The maximum Gasteiger partial charge on any atom is 0.252 e. The fraction of sp³-hybridized carbons (Fsp3) is 0.217. The average molecular weight is 376 g/mol. The molecule has 1 aromatic heterocycles. The minimum Gasteiger partial charge on any atom is -0.493 e. The van der Waals surface area contributed by atoms with Crippen LogP contribution in [-0.2, 0) is 0 Å². The number of rotatable bonds is 7. The van der Waals surface area contributed by atoms with E-state index in [9.17, 15) is 4.79 Å². The number of nitrogens with one attached hydrogen (secondary N) is 1. The molecule has 0 saturated heterocycles. The van der Waals surface area contributed by atoms with Crippen LogP contribution in [0.2, 0.25) is 0 Å². The molecule has 1 heterocycles. The molecule has 1 unspecified atom stereocenters. The normalized spacial score (nSPS) is 11.7. The molecule has 2 aromatic carbocycles. The number of ether oxygens (including phenoxy) is 2. The van der Waals surface area contributed by atoms with Gasteiger partial charge in [-0.1, -0.05) is 36.4 Å². The summed E-state index contributed by atoms with van der Waals surface area (Å²) in [5.74, 6) is 0.919. The zero-order valence-electron chi connectivity index (χ0n) is 16.3. The van der Waals surface area contributed by atoms with Crippen LogP contribution in [0.15, 0.2) is 72.9 Å². The Morgan fingerprint density at radius 1 is 0.964 bits per heavy atom. The molecule has 0 aliphatic rings. The van der Waals surface area contributed by atoms with Gasteiger partial charge in [0, 0.05) is 11.8 Å². The van der Waals surface area contributed by atoms with Gasteiger partial charge in [0.25, 0.3) is 5.91 Å². The van der Waals surface area contributed by atoms with E-state index in [0.717, 1.165) is 11.3 Å². The molecule has 5 heteroatoms. The molecule has 1 amide bonds. The third kappa shape index (κ3) is 4.68. The standard InChI is InChI=1S/C23H24N2O3/c1-16(2)28-20-13-12-18(15-21(20)27-3)23(26)25-22(17-9-5-4-6-10-17)19-11-7-8-14-24-19/h4-16,22H,1-3H3,(H,25,26). The highest BCUT2D eigenvalue weighted by molar-refractivity contribution is 5.95. The molecule has 0 aliphatic heterocycles. The molecule has 144 valence electrons. The van der Waals surface area contributed by atoms with Crippen LogP contribution in [0.4, 0.5) is 0 Å². The molecule has 28 heavy (non-hydrogen) atoms. The lowest BCUT2D eigenvalue weighted by molar-refractivity contribution is 0.0942. The fourth-order valence-corrected chi connectivity index (χ4v) is 2.89. The zero-order valence-corrected chi connectivity index (χ0v) is 16.3. The Balaban J connectivity index is 1.88. The zero-order chi connectivity index (χ0) is 19.9. The largest absolute Gasteiger partial charge is 0.493 e. The first-order chi connectivity index (χ1) is 13.6. The van der Waals surface area contributed by atoms with Crippen molar-refractivity contribution in [3.8, 4) is 11.5 Å². The molecular weight excluding hydrogens is 352 g/mol. The molecule has 3 rings (SSSR count). The van der Waals surface area contributed by atoms with Crippen LogP contribution < -0.4 is 14.8 Å². The van der Waals surface area contributed by atoms with Crippen LogP contribution in [0, 0.1) is 0 Å². The smallest absolute Gasteiger partial charge is 0.252 e. The summed E-state index contributed by atoms with van der Waals surface area (Å²) < 4.78 is 11.1. The Morgan fingerprint density at radius 2 is 1.71 bits per heavy atom. The summed E-state index contributed by atoms with van der Waals surface area (Å²) in [6.45, 7) is 3.88. The Bertz CT molecular complexity index is 872. The number of nitrogens with zero attached hydrogens (tertiary/aromatic N) is 1. The maximum absolute atomic E-state index is 13.0. The van der Waals surface area contributed by atoms with E-state index in [1.807, 2.05) is 62.4 Å². The molecule has 0 bridgehead atoms. The molecular formula is C23H24N2O3. The first-order valence-electron chi connectivity index (χ1n) is 9.20. The van der Waals surface area contributed by atoms with E-state index in [4.69, 9.17) is 9.47 Å². The van der Waals surface area contributed by atoms with Gasteiger partial charge in [-0.2, -0.15) is 0 Å². The van der Waals surface area contributed by atoms with E-state index in [0.29, 0.717) is 17.1 Å². The second-order valence-corrected chi connectivity index (χ2v) is 6.60. The van der Waals surface area contributed by atoms with Gasteiger partial charge in [-0.3, -0.25) is 9.78 Å². The first kappa shape index (κ1) is 19.4. The Kier molecular flexibility index (Phi) is 6.27. The molecule has 1 atom stereocenters. The molecule has 0 radical (unpaired) electrons. The van der Waals surface area contributed by atoms with Crippen molar-refractivity contribution in [1.29, 1.82) is 0 Å². The average Bonchev–Trinajstić information content (AvgIpc) is 2.73. The molecule has 5 nitrogen and oxygen atoms in total. The summed E-state index contributed by atoms with van der Waals surface area (Å²) in [6.07, 6.45) is 1.73. The van der Waals surface area contributed by atoms with Crippen LogP contribution in [-0.4, -0.2) is 24.1 Å². The van der Waals surface area contributed by atoms with Crippen molar-refractivity contribution in [2.45, 2.75) is 26.0 Å². The Labute approximate surface area is 165 Å². The molecule has 3 aromatic rings. The molecule has 1 N–H and O–H groups in total. The summed E-state index contributed by atoms with van der Waals surface area (Å²) in [5, 5.41) is 3.08. The highest BCUT2D eigenvalue weighted by Gasteiger charge is 2.20. The summed E-state index contributed by atoms with van der Waals surface area (Å²) >= 11 is 0. The van der Waals surface area contributed by atoms with E-state index < -0.39 is 0 Å². The topological polar surface area (TPSA) is 60.5 Å². The summed E-state index contributed by atoms with van der Waals surface area (Å²) in [4.78, 5) is 17.4. The molecule has 0 fully saturated rings.